The van der Waals surface area contributed by atoms with Gasteiger partial charge in [0.05, 0.1) is 20.7 Å². The Kier molecular flexibility index (Phi) is 5.37. The predicted octanol–water partition coefficient (Wildman–Crippen LogP) is 4.96. The van der Waals surface area contributed by atoms with Crippen LogP contribution in [0.15, 0.2) is 47.4 Å². The fourth-order valence-electron chi connectivity index (χ4n) is 2.99. The average Bonchev–Trinajstić information content (AvgIpc) is 3.10. The van der Waals surface area contributed by atoms with E-state index >= 15 is 0 Å². The van der Waals surface area contributed by atoms with Crippen molar-refractivity contribution in [2.24, 2.45) is 0 Å². The van der Waals surface area contributed by atoms with Gasteiger partial charge in [-0.3, -0.25) is 4.79 Å². The zero-order chi connectivity index (χ0) is 18.0. The molecule has 1 N–H and O–H groups in total. The van der Waals surface area contributed by atoms with Crippen molar-refractivity contribution in [2.45, 2.75) is 35.8 Å². The Morgan fingerprint density at radius 3 is 2.24 bits per heavy atom. The average molecular weight is 398 g/mol. The van der Waals surface area contributed by atoms with Crippen LogP contribution in [0.3, 0.4) is 0 Å². The van der Waals surface area contributed by atoms with Crippen LogP contribution in [0, 0.1) is 0 Å². The van der Waals surface area contributed by atoms with Gasteiger partial charge in [-0.2, -0.15) is 0 Å². The summed E-state index contributed by atoms with van der Waals surface area (Å²) in [6.45, 7) is 0. The van der Waals surface area contributed by atoms with Crippen LogP contribution >= 0.6 is 23.2 Å². The Labute approximate surface area is 157 Å². The van der Waals surface area contributed by atoms with Gasteiger partial charge in [0.1, 0.15) is 0 Å². The van der Waals surface area contributed by atoms with Gasteiger partial charge in [-0.05, 0) is 55.3 Å². The quantitative estimate of drug-likeness (QED) is 0.792. The number of amides is 1. The molecule has 0 saturated heterocycles. The van der Waals surface area contributed by atoms with E-state index in [9.17, 15) is 13.2 Å². The van der Waals surface area contributed by atoms with Gasteiger partial charge in [0.15, 0.2) is 9.84 Å². The summed E-state index contributed by atoms with van der Waals surface area (Å²) in [5.41, 5.74) is 0.801. The first kappa shape index (κ1) is 18.2. The fourth-order valence-corrected chi connectivity index (χ4v) is 5.34. The Hall–Kier alpha value is -1.56. The molecule has 3 rings (SSSR count). The number of nitrogens with one attached hydrogen (secondary N) is 1. The summed E-state index contributed by atoms with van der Waals surface area (Å²) in [7, 11) is -3.30. The molecule has 4 nitrogen and oxygen atoms in total. The number of carbonyl (C=O) groups excluding carboxylic acids is 1. The first-order valence-electron chi connectivity index (χ1n) is 7.98. The van der Waals surface area contributed by atoms with Crippen molar-refractivity contribution in [3.8, 4) is 0 Å². The lowest BCUT2D eigenvalue weighted by atomic mass is 10.2. The summed E-state index contributed by atoms with van der Waals surface area (Å²) in [5, 5.41) is 3.12. The SMILES string of the molecule is O=C(Nc1ccc(S(=O)(=O)C2CCCC2)cc1)c1ccc(Cl)cc1Cl. The van der Waals surface area contributed by atoms with Crippen molar-refractivity contribution >= 4 is 44.6 Å². The highest BCUT2D eigenvalue weighted by atomic mass is 35.5. The number of halogens is 2. The lowest BCUT2D eigenvalue weighted by Gasteiger charge is -2.12. The topological polar surface area (TPSA) is 63.2 Å². The minimum Gasteiger partial charge on any atom is -0.322 e. The second kappa shape index (κ2) is 7.36. The molecule has 0 spiro atoms. The van der Waals surface area contributed by atoms with E-state index in [1.165, 1.54) is 18.2 Å². The van der Waals surface area contributed by atoms with Crippen LogP contribution in [0.4, 0.5) is 5.69 Å². The molecule has 1 amide bonds. The molecular formula is C18H17Cl2NO3S. The van der Waals surface area contributed by atoms with Gasteiger partial charge in [-0.25, -0.2) is 8.42 Å². The third kappa shape index (κ3) is 4.00. The lowest BCUT2D eigenvalue weighted by molar-refractivity contribution is 0.102. The van der Waals surface area contributed by atoms with E-state index in [1.807, 2.05) is 0 Å². The zero-order valence-electron chi connectivity index (χ0n) is 13.3. The smallest absolute Gasteiger partial charge is 0.257 e. The zero-order valence-corrected chi connectivity index (χ0v) is 15.7. The van der Waals surface area contributed by atoms with Crippen molar-refractivity contribution in [1.82, 2.24) is 0 Å². The molecule has 0 bridgehead atoms. The van der Waals surface area contributed by atoms with Crippen molar-refractivity contribution < 1.29 is 13.2 Å². The summed E-state index contributed by atoms with van der Waals surface area (Å²) >= 11 is 11.8. The first-order chi connectivity index (χ1) is 11.9. The number of benzene rings is 2. The molecule has 0 aliphatic heterocycles. The number of hydrogen-bond donors (Lipinski definition) is 1. The van der Waals surface area contributed by atoms with Gasteiger partial charge in [0.2, 0.25) is 0 Å². The highest BCUT2D eigenvalue weighted by molar-refractivity contribution is 7.92. The molecule has 7 heteroatoms. The third-order valence-corrected chi connectivity index (χ3v) is 7.18. The lowest BCUT2D eigenvalue weighted by Crippen LogP contribution is -2.18. The van der Waals surface area contributed by atoms with Crippen molar-refractivity contribution in [1.29, 1.82) is 0 Å². The van der Waals surface area contributed by atoms with Gasteiger partial charge < -0.3 is 5.32 Å². The monoisotopic (exact) mass is 397 g/mol. The molecule has 2 aromatic carbocycles. The normalized spacial score (nSPS) is 15.3. The number of anilines is 1. The molecule has 1 aliphatic carbocycles. The highest BCUT2D eigenvalue weighted by Crippen LogP contribution is 2.30. The Bertz CT molecular complexity index is 889. The van der Waals surface area contributed by atoms with Crippen LogP contribution in [0.25, 0.3) is 0 Å². The number of hydrogen-bond acceptors (Lipinski definition) is 3. The molecule has 1 aliphatic rings. The fraction of sp³-hybridized carbons (Fsp3) is 0.278. The maximum atomic E-state index is 12.5. The molecule has 2 aromatic rings. The maximum Gasteiger partial charge on any atom is 0.257 e. The van der Waals surface area contributed by atoms with Gasteiger partial charge in [0.25, 0.3) is 5.91 Å². The minimum atomic E-state index is -3.30. The molecule has 0 unspecified atom stereocenters. The van der Waals surface area contributed by atoms with Crippen LogP contribution in [-0.4, -0.2) is 19.6 Å². The molecule has 1 fully saturated rings. The molecule has 1 saturated carbocycles. The van der Waals surface area contributed by atoms with Gasteiger partial charge in [-0.15, -0.1) is 0 Å². The van der Waals surface area contributed by atoms with Crippen molar-refractivity contribution in [2.75, 3.05) is 5.32 Å². The van der Waals surface area contributed by atoms with E-state index < -0.39 is 9.84 Å². The Morgan fingerprint density at radius 2 is 1.64 bits per heavy atom. The second-order valence-corrected chi connectivity index (χ2v) is 9.13. The predicted molar refractivity (Wildman–Crippen MR) is 100 cm³/mol. The molecule has 0 radical (unpaired) electrons. The van der Waals surface area contributed by atoms with Gasteiger partial charge >= 0.3 is 0 Å². The van der Waals surface area contributed by atoms with Crippen LogP contribution in [0.1, 0.15) is 36.0 Å². The number of sulfone groups is 1. The molecule has 0 atom stereocenters. The first-order valence-corrected chi connectivity index (χ1v) is 10.3. The van der Waals surface area contributed by atoms with E-state index in [2.05, 4.69) is 5.32 Å². The Morgan fingerprint density at radius 1 is 1.00 bits per heavy atom. The van der Waals surface area contributed by atoms with E-state index in [0.717, 1.165) is 25.7 Å². The van der Waals surface area contributed by atoms with Crippen LogP contribution < -0.4 is 5.32 Å². The molecule has 25 heavy (non-hydrogen) atoms. The van der Waals surface area contributed by atoms with Crippen molar-refractivity contribution in [3.63, 3.8) is 0 Å². The second-order valence-electron chi connectivity index (χ2n) is 6.05. The van der Waals surface area contributed by atoms with E-state index in [0.29, 0.717) is 21.2 Å². The maximum absolute atomic E-state index is 12.5. The Balaban J connectivity index is 1.75. The number of carbonyl (C=O) groups is 1. The summed E-state index contributed by atoms with van der Waals surface area (Å²) in [4.78, 5) is 12.6. The molecule has 132 valence electrons. The summed E-state index contributed by atoms with van der Waals surface area (Å²) < 4.78 is 25.1. The van der Waals surface area contributed by atoms with Gasteiger partial charge in [0, 0.05) is 10.7 Å². The largest absolute Gasteiger partial charge is 0.322 e. The van der Waals surface area contributed by atoms with Crippen LogP contribution in [0.2, 0.25) is 10.0 Å². The summed E-state index contributed by atoms with van der Waals surface area (Å²) in [5.74, 6) is -0.381. The van der Waals surface area contributed by atoms with Crippen LogP contribution in [-0.2, 0) is 9.84 Å². The summed E-state index contributed by atoms with van der Waals surface area (Å²) in [6, 6.07) is 10.9. The minimum absolute atomic E-state index is 0.255. The van der Waals surface area contributed by atoms with Crippen molar-refractivity contribution in [3.05, 3.63) is 58.1 Å². The van der Waals surface area contributed by atoms with E-state index in [1.54, 1.807) is 24.3 Å². The summed E-state index contributed by atoms with van der Waals surface area (Å²) in [6.07, 6.45) is 3.35. The molecule has 0 heterocycles. The van der Waals surface area contributed by atoms with Gasteiger partial charge in [-0.1, -0.05) is 36.0 Å². The standard InChI is InChI=1S/C18H17Cl2NO3S/c19-12-5-10-16(17(20)11-12)18(22)21-13-6-8-15(9-7-13)25(23,24)14-3-1-2-4-14/h5-11,14H,1-4H2,(H,21,22). The molecular weight excluding hydrogens is 381 g/mol. The highest BCUT2D eigenvalue weighted by Gasteiger charge is 2.30. The molecule has 0 aromatic heterocycles. The van der Waals surface area contributed by atoms with E-state index in [-0.39, 0.29) is 16.2 Å². The number of rotatable bonds is 4. The van der Waals surface area contributed by atoms with E-state index in [4.69, 9.17) is 23.2 Å². The third-order valence-electron chi connectivity index (χ3n) is 4.36. The van der Waals surface area contributed by atoms with Crippen LogP contribution in [0.5, 0.6) is 0 Å².